The van der Waals surface area contributed by atoms with Crippen LogP contribution in [0.3, 0.4) is 0 Å². The lowest BCUT2D eigenvalue weighted by Gasteiger charge is -2.15. The first-order valence-electron chi connectivity index (χ1n) is 4.67. The summed E-state index contributed by atoms with van der Waals surface area (Å²) in [4.78, 5) is 0. The summed E-state index contributed by atoms with van der Waals surface area (Å²) < 4.78 is 1.86. The third-order valence-corrected chi connectivity index (χ3v) is 3.32. The zero-order valence-corrected chi connectivity index (χ0v) is 11.5. The highest BCUT2D eigenvalue weighted by Crippen LogP contribution is 2.32. The van der Waals surface area contributed by atoms with Gasteiger partial charge in [-0.2, -0.15) is 0 Å². The van der Waals surface area contributed by atoms with Gasteiger partial charge >= 0.3 is 0 Å². The van der Waals surface area contributed by atoms with Crippen molar-refractivity contribution in [1.82, 2.24) is 0 Å². The summed E-state index contributed by atoms with van der Waals surface area (Å²) in [5, 5.41) is 0. The Morgan fingerprint density at radius 1 is 1.40 bits per heavy atom. The minimum absolute atomic E-state index is 0.0446. The lowest BCUT2D eigenvalue weighted by molar-refractivity contribution is 0.663. The predicted octanol–water partition coefficient (Wildman–Crippen LogP) is 3.76. The highest BCUT2D eigenvalue weighted by Gasteiger charge is 2.12. The van der Waals surface area contributed by atoms with Crippen LogP contribution < -0.4 is 11.5 Å². The summed E-state index contributed by atoms with van der Waals surface area (Å²) in [6.07, 6.45) is 3.62. The Bertz CT molecular complexity index is 364. The molecular formula is C11H14Br2N2. The fraction of sp³-hybridized carbons (Fsp3) is 0.273. The number of nitrogen functional groups attached to an aromatic ring is 1. The fourth-order valence-electron chi connectivity index (χ4n) is 1.36. The minimum Gasteiger partial charge on any atom is -0.398 e. The van der Waals surface area contributed by atoms with Crippen molar-refractivity contribution in [3.8, 4) is 0 Å². The molecule has 1 aromatic carbocycles. The highest BCUT2D eigenvalue weighted by atomic mass is 79.9. The van der Waals surface area contributed by atoms with Gasteiger partial charge in [0.05, 0.1) is 5.69 Å². The van der Waals surface area contributed by atoms with Crippen LogP contribution >= 0.6 is 31.9 Å². The molecule has 4 N–H and O–H groups in total. The first-order valence-corrected chi connectivity index (χ1v) is 6.25. The van der Waals surface area contributed by atoms with Crippen LogP contribution in [0.4, 0.5) is 5.69 Å². The van der Waals surface area contributed by atoms with Crippen molar-refractivity contribution in [2.75, 3.05) is 5.73 Å². The molecule has 1 aromatic rings. The van der Waals surface area contributed by atoms with Crippen LogP contribution in [0.2, 0.25) is 0 Å². The Hall–Kier alpha value is -0.320. The maximum absolute atomic E-state index is 6.05. The molecule has 0 fully saturated rings. The van der Waals surface area contributed by atoms with E-state index in [0.29, 0.717) is 0 Å². The molecule has 0 spiro atoms. The summed E-state index contributed by atoms with van der Waals surface area (Å²) in [6.45, 7) is 3.68. The summed E-state index contributed by atoms with van der Waals surface area (Å²) >= 11 is 6.82. The number of hydrogen-bond donors (Lipinski definition) is 2. The number of anilines is 1. The summed E-state index contributed by atoms with van der Waals surface area (Å²) in [5.41, 5.74) is 13.7. The zero-order chi connectivity index (χ0) is 11.4. The SMILES string of the molecule is C=CCC[C@H](N)c1cc(Br)cc(Br)c1N. The maximum Gasteiger partial charge on any atom is 0.0507 e. The third kappa shape index (κ3) is 3.33. The molecule has 1 rings (SSSR count). The van der Waals surface area contributed by atoms with Gasteiger partial charge in [-0.25, -0.2) is 0 Å². The molecule has 1 atom stereocenters. The third-order valence-electron chi connectivity index (χ3n) is 2.21. The van der Waals surface area contributed by atoms with Gasteiger partial charge in [-0.3, -0.25) is 0 Å². The fourth-order valence-corrected chi connectivity index (χ4v) is 2.62. The van der Waals surface area contributed by atoms with E-state index in [0.717, 1.165) is 33.0 Å². The molecule has 0 aliphatic rings. The number of nitrogens with two attached hydrogens (primary N) is 2. The molecule has 4 heteroatoms. The monoisotopic (exact) mass is 332 g/mol. The Kier molecular flexibility index (Phi) is 4.83. The van der Waals surface area contributed by atoms with Gasteiger partial charge in [0.15, 0.2) is 0 Å². The Morgan fingerprint density at radius 2 is 2.07 bits per heavy atom. The average Bonchev–Trinajstić information content (AvgIpc) is 2.19. The molecule has 0 heterocycles. The van der Waals surface area contributed by atoms with Gasteiger partial charge < -0.3 is 11.5 Å². The molecule has 0 amide bonds. The van der Waals surface area contributed by atoms with E-state index in [1.807, 2.05) is 18.2 Å². The van der Waals surface area contributed by atoms with Crippen LogP contribution in [0.25, 0.3) is 0 Å². The number of allylic oxidation sites excluding steroid dienone is 1. The minimum atomic E-state index is -0.0446. The second-order valence-corrected chi connectivity index (χ2v) is 5.13. The average molecular weight is 334 g/mol. The lowest BCUT2D eigenvalue weighted by atomic mass is 10.0. The first kappa shape index (κ1) is 12.7. The number of halogens is 2. The summed E-state index contributed by atoms with van der Waals surface area (Å²) in [7, 11) is 0. The van der Waals surface area contributed by atoms with E-state index in [4.69, 9.17) is 11.5 Å². The molecule has 2 nitrogen and oxygen atoms in total. The molecule has 15 heavy (non-hydrogen) atoms. The van der Waals surface area contributed by atoms with Gasteiger partial charge in [0.2, 0.25) is 0 Å². The largest absolute Gasteiger partial charge is 0.398 e. The van der Waals surface area contributed by atoms with E-state index < -0.39 is 0 Å². The van der Waals surface area contributed by atoms with Crippen molar-refractivity contribution in [2.45, 2.75) is 18.9 Å². The molecule has 0 aliphatic carbocycles. The summed E-state index contributed by atoms with van der Waals surface area (Å²) in [6, 6.07) is 3.84. The number of rotatable bonds is 4. The zero-order valence-electron chi connectivity index (χ0n) is 8.34. The van der Waals surface area contributed by atoms with E-state index in [9.17, 15) is 0 Å². The predicted molar refractivity (Wildman–Crippen MR) is 72.6 cm³/mol. The molecule has 0 aliphatic heterocycles. The van der Waals surface area contributed by atoms with E-state index in [2.05, 4.69) is 38.4 Å². The van der Waals surface area contributed by atoms with Crippen molar-refractivity contribution in [1.29, 1.82) is 0 Å². The Labute approximate surface area is 107 Å². The lowest BCUT2D eigenvalue weighted by Crippen LogP contribution is -2.12. The maximum atomic E-state index is 6.05. The molecule has 0 unspecified atom stereocenters. The molecule has 0 saturated heterocycles. The number of hydrogen-bond acceptors (Lipinski definition) is 2. The van der Waals surface area contributed by atoms with Gasteiger partial charge in [-0.15, -0.1) is 6.58 Å². The van der Waals surface area contributed by atoms with Gasteiger partial charge in [-0.1, -0.05) is 22.0 Å². The van der Waals surface area contributed by atoms with Gasteiger partial charge in [0.1, 0.15) is 0 Å². The quantitative estimate of drug-likeness (QED) is 0.651. The number of benzene rings is 1. The Balaban J connectivity index is 2.96. The van der Waals surface area contributed by atoms with Crippen LogP contribution in [0.15, 0.2) is 33.7 Å². The van der Waals surface area contributed by atoms with E-state index in [1.54, 1.807) is 0 Å². The van der Waals surface area contributed by atoms with E-state index in [1.165, 1.54) is 0 Å². The molecule has 0 radical (unpaired) electrons. The van der Waals surface area contributed by atoms with Crippen molar-refractivity contribution >= 4 is 37.5 Å². The van der Waals surface area contributed by atoms with Crippen LogP contribution in [0.1, 0.15) is 24.4 Å². The van der Waals surface area contributed by atoms with Crippen molar-refractivity contribution in [3.05, 3.63) is 39.3 Å². The van der Waals surface area contributed by atoms with Crippen LogP contribution in [0.5, 0.6) is 0 Å². The van der Waals surface area contributed by atoms with Gasteiger partial charge in [0, 0.05) is 15.0 Å². The van der Waals surface area contributed by atoms with Crippen molar-refractivity contribution in [2.24, 2.45) is 5.73 Å². The molecule has 82 valence electrons. The molecular weight excluding hydrogens is 320 g/mol. The van der Waals surface area contributed by atoms with E-state index >= 15 is 0 Å². The summed E-state index contributed by atoms with van der Waals surface area (Å²) in [5.74, 6) is 0. The molecule has 0 saturated carbocycles. The van der Waals surface area contributed by atoms with Crippen molar-refractivity contribution in [3.63, 3.8) is 0 Å². The van der Waals surface area contributed by atoms with Crippen LogP contribution in [-0.2, 0) is 0 Å². The normalized spacial score (nSPS) is 12.5. The van der Waals surface area contributed by atoms with Crippen LogP contribution in [0, 0.1) is 0 Å². The highest BCUT2D eigenvalue weighted by molar-refractivity contribution is 9.11. The molecule has 0 aromatic heterocycles. The Morgan fingerprint density at radius 3 is 2.67 bits per heavy atom. The van der Waals surface area contributed by atoms with Crippen LogP contribution in [-0.4, -0.2) is 0 Å². The second kappa shape index (κ2) is 5.68. The van der Waals surface area contributed by atoms with E-state index in [-0.39, 0.29) is 6.04 Å². The topological polar surface area (TPSA) is 52.0 Å². The molecule has 0 bridgehead atoms. The standard InChI is InChI=1S/C11H14Br2N2/c1-2-3-4-10(14)8-5-7(12)6-9(13)11(8)15/h2,5-6,10H,1,3-4,14-15H2/t10-/m0/s1. The smallest absolute Gasteiger partial charge is 0.0507 e. The van der Waals surface area contributed by atoms with Gasteiger partial charge in [-0.05, 0) is 46.5 Å². The van der Waals surface area contributed by atoms with Crippen molar-refractivity contribution < 1.29 is 0 Å². The van der Waals surface area contributed by atoms with Gasteiger partial charge in [0.25, 0.3) is 0 Å². The first-order chi connectivity index (χ1) is 7.06. The second-order valence-electron chi connectivity index (χ2n) is 3.36.